The number of hydrogen-bond acceptors (Lipinski definition) is 2. The van der Waals surface area contributed by atoms with Crippen molar-refractivity contribution in [3.63, 3.8) is 0 Å². The standard InChI is InChI=1S/C14H24O2/c1-3-5-6-7-8-9-13(15)12-10-11-16-14(12)4-2/h10-11,13,15H,3-9H2,1-2H3. The second-order valence-electron chi connectivity index (χ2n) is 4.37. The zero-order chi connectivity index (χ0) is 11.8. The maximum atomic E-state index is 10.0. The minimum atomic E-state index is -0.338. The molecule has 2 nitrogen and oxygen atoms in total. The van der Waals surface area contributed by atoms with Gasteiger partial charge in [0, 0.05) is 12.0 Å². The Morgan fingerprint density at radius 2 is 1.94 bits per heavy atom. The summed E-state index contributed by atoms with van der Waals surface area (Å²) in [5, 5.41) is 10.0. The fourth-order valence-corrected chi connectivity index (χ4v) is 2.03. The van der Waals surface area contributed by atoms with Crippen LogP contribution in [0, 0.1) is 0 Å². The summed E-state index contributed by atoms with van der Waals surface area (Å²) in [5.74, 6) is 0.932. The van der Waals surface area contributed by atoms with E-state index in [1.165, 1.54) is 25.7 Å². The van der Waals surface area contributed by atoms with Gasteiger partial charge in [-0.15, -0.1) is 0 Å². The lowest BCUT2D eigenvalue weighted by atomic mass is 10.0. The number of hydrogen-bond donors (Lipinski definition) is 1. The molecule has 0 saturated carbocycles. The Labute approximate surface area is 98.7 Å². The number of unbranched alkanes of at least 4 members (excludes halogenated alkanes) is 4. The Kier molecular flexibility index (Phi) is 6.24. The van der Waals surface area contributed by atoms with Gasteiger partial charge in [0.1, 0.15) is 5.76 Å². The van der Waals surface area contributed by atoms with Crippen LogP contribution in [0.1, 0.15) is 69.8 Å². The Balaban J connectivity index is 2.27. The highest BCUT2D eigenvalue weighted by molar-refractivity contribution is 5.19. The van der Waals surface area contributed by atoms with Crippen LogP contribution < -0.4 is 0 Å². The quantitative estimate of drug-likeness (QED) is 0.670. The molecule has 0 radical (unpaired) electrons. The Morgan fingerprint density at radius 1 is 1.19 bits per heavy atom. The van der Waals surface area contributed by atoms with Gasteiger partial charge in [-0.2, -0.15) is 0 Å². The van der Waals surface area contributed by atoms with Crippen LogP contribution >= 0.6 is 0 Å². The largest absolute Gasteiger partial charge is 0.469 e. The molecule has 1 unspecified atom stereocenters. The molecule has 0 aliphatic heterocycles. The number of furan rings is 1. The summed E-state index contributed by atoms with van der Waals surface area (Å²) in [6, 6.07) is 1.90. The van der Waals surface area contributed by atoms with Gasteiger partial charge in [0.25, 0.3) is 0 Å². The van der Waals surface area contributed by atoms with Gasteiger partial charge < -0.3 is 9.52 Å². The summed E-state index contributed by atoms with van der Waals surface area (Å²) < 4.78 is 5.32. The second-order valence-corrected chi connectivity index (χ2v) is 4.37. The molecule has 1 heterocycles. The van der Waals surface area contributed by atoms with Crippen molar-refractivity contribution in [2.45, 2.75) is 64.9 Å². The van der Waals surface area contributed by atoms with Crippen LogP contribution in [0.5, 0.6) is 0 Å². The maximum absolute atomic E-state index is 10.0. The first-order chi connectivity index (χ1) is 7.79. The van der Waals surface area contributed by atoms with E-state index in [1.54, 1.807) is 6.26 Å². The van der Waals surface area contributed by atoms with E-state index < -0.39 is 0 Å². The topological polar surface area (TPSA) is 33.4 Å². The van der Waals surface area contributed by atoms with E-state index in [9.17, 15) is 5.11 Å². The lowest BCUT2D eigenvalue weighted by Gasteiger charge is -2.09. The van der Waals surface area contributed by atoms with Gasteiger partial charge in [-0.3, -0.25) is 0 Å². The molecule has 1 aromatic heterocycles. The van der Waals surface area contributed by atoms with Gasteiger partial charge >= 0.3 is 0 Å². The van der Waals surface area contributed by atoms with Crippen LogP contribution in [0.3, 0.4) is 0 Å². The molecule has 1 rings (SSSR count). The average Bonchev–Trinajstić information content (AvgIpc) is 2.76. The monoisotopic (exact) mass is 224 g/mol. The van der Waals surface area contributed by atoms with Gasteiger partial charge in [0.2, 0.25) is 0 Å². The molecule has 16 heavy (non-hydrogen) atoms. The minimum absolute atomic E-state index is 0.338. The first-order valence-corrected chi connectivity index (χ1v) is 6.53. The summed E-state index contributed by atoms with van der Waals surface area (Å²) in [7, 11) is 0. The van der Waals surface area contributed by atoms with Crippen LogP contribution in [-0.4, -0.2) is 5.11 Å². The zero-order valence-electron chi connectivity index (χ0n) is 10.5. The lowest BCUT2D eigenvalue weighted by Crippen LogP contribution is -1.99. The van der Waals surface area contributed by atoms with Gasteiger partial charge in [-0.25, -0.2) is 0 Å². The normalized spacial score (nSPS) is 12.9. The van der Waals surface area contributed by atoms with E-state index in [-0.39, 0.29) is 6.10 Å². The predicted octanol–water partition coefficient (Wildman–Crippen LogP) is 4.24. The molecule has 2 heteroatoms. The fourth-order valence-electron chi connectivity index (χ4n) is 2.03. The number of aryl methyl sites for hydroxylation is 1. The van der Waals surface area contributed by atoms with Gasteiger partial charge in [-0.05, 0) is 12.5 Å². The third kappa shape index (κ3) is 4.01. The molecule has 0 saturated heterocycles. The molecule has 1 N–H and O–H groups in total. The number of rotatable bonds is 8. The van der Waals surface area contributed by atoms with Crippen molar-refractivity contribution in [1.29, 1.82) is 0 Å². The molecule has 0 aromatic carbocycles. The molecule has 1 aromatic rings. The van der Waals surface area contributed by atoms with Crippen molar-refractivity contribution in [2.75, 3.05) is 0 Å². The summed E-state index contributed by atoms with van der Waals surface area (Å²) in [4.78, 5) is 0. The molecule has 0 amide bonds. The highest BCUT2D eigenvalue weighted by Crippen LogP contribution is 2.24. The third-order valence-electron chi connectivity index (χ3n) is 3.04. The average molecular weight is 224 g/mol. The van der Waals surface area contributed by atoms with Crippen molar-refractivity contribution >= 4 is 0 Å². The minimum Gasteiger partial charge on any atom is -0.469 e. The Hall–Kier alpha value is -0.760. The van der Waals surface area contributed by atoms with Crippen molar-refractivity contribution in [1.82, 2.24) is 0 Å². The summed E-state index contributed by atoms with van der Waals surface area (Å²) >= 11 is 0. The van der Waals surface area contributed by atoms with Crippen molar-refractivity contribution in [3.05, 3.63) is 23.7 Å². The summed E-state index contributed by atoms with van der Waals surface area (Å²) in [6.07, 6.45) is 9.25. The van der Waals surface area contributed by atoms with E-state index >= 15 is 0 Å². The first-order valence-electron chi connectivity index (χ1n) is 6.53. The molecule has 0 spiro atoms. The number of aliphatic hydroxyl groups is 1. The van der Waals surface area contributed by atoms with E-state index in [1.807, 2.05) is 6.07 Å². The Bertz CT molecular complexity index is 278. The van der Waals surface area contributed by atoms with E-state index in [0.717, 1.165) is 30.6 Å². The van der Waals surface area contributed by atoms with E-state index in [0.29, 0.717) is 0 Å². The van der Waals surface area contributed by atoms with Crippen LogP contribution in [0.15, 0.2) is 16.7 Å². The number of aliphatic hydroxyl groups excluding tert-OH is 1. The van der Waals surface area contributed by atoms with Crippen LogP contribution in [0.25, 0.3) is 0 Å². The third-order valence-corrected chi connectivity index (χ3v) is 3.04. The molecule has 0 aliphatic carbocycles. The lowest BCUT2D eigenvalue weighted by molar-refractivity contribution is 0.161. The highest BCUT2D eigenvalue weighted by Gasteiger charge is 2.13. The molecule has 1 atom stereocenters. The van der Waals surface area contributed by atoms with Crippen LogP contribution in [0.4, 0.5) is 0 Å². The first kappa shape index (κ1) is 13.3. The van der Waals surface area contributed by atoms with E-state index in [4.69, 9.17) is 4.42 Å². The van der Waals surface area contributed by atoms with Crippen LogP contribution in [0.2, 0.25) is 0 Å². The molecular formula is C14H24O2. The summed E-state index contributed by atoms with van der Waals surface area (Å²) in [6.45, 7) is 4.27. The molecule has 0 aliphatic rings. The van der Waals surface area contributed by atoms with Gasteiger partial charge in [0.05, 0.1) is 12.4 Å². The predicted molar refractivity (Wildman–Crippen MR) is 66.4 cm³/mol. The van der Waals surface area contributed by atoms with Gasteiger partial charge in [0.15, 0.2) is 0 Å². The van der Waals surface area contributed by atoms with Crippen LogP contribution in [-0.2, 0) is 6.42 Å². The molecule has 0 fully saturated rings. The second kappa shape index (κ2) is 7.50. The van der Waals surface area contributed by atoms with E-state index in [2.05, 4.69) is 13.8 Å². The van der Waals surface area contributed by atoms with Crippen molar-refractivity contribution in [3.8, 4) is 0 Å². The fraction of sp³-hybridized carbons (Fsp3) is 0.714. The SMILES string of the molecule is CCCCCCCC(O)c1ccoc1CC. The summed E-state index contributed by atoms with van der Waals surface area (Å²) in [5.41, 5.74) is 0.984. The molecule has 0 bridgehead atoms. The van der Waals surface area contributed by atoms with Crippen molar-refractivity contribution in [2.24, 2.45) is 0 Å². The zero-order valence-corrected chi connectivity index (χ0v) is 10.5. The molecule has 92 valence electrons. The molecular weight excluding hydrogens is 200 g/mol. The van der Waals surface area contributed by atoms with Gasteiger partial charge in [-0.1, -0.05) is 46.0 Å². The smallest absolute Gasteiger partial charge is 0.109 e. The van der Waals surface area contributed by atoms with Crippen molar-refractivity contribution < 1.29 is 9.52 Å². The maximum Gasteiger partial charge on any atom is 0.109 e. The highest BCUT2D eigenvalue weighted by atomic mass is 16.3. The Morgan fingerprint density at radius 3 is 2.62 bits per heavy atom.